The quantitative estimate of drug-likeness (QED) is 0.799. The van der Waals surface area contributed by atoms with E-state index in [9.17, 15) is 9.90 Å². The van der Waals surface area contributed by atoms with Crippen molar-refractivity contribution >= 4 is 11.8 Å². The van der Waals surface area contributed by atoms with Gasteiger partial charge in [0, 0.05) is 12.7 Å². The van der Waals surface area contributed by atoms with Crippen molar-refractivity contribution in [1.82, 2.24) is 10.3 Å². The Bertz CT molecular complexity index is 681. The number of pyridine rings is 1. The Kier molecular flexibility index (Phi) is 5.25. The maximum atomic E-state index is 12.0. The molecule has 1 saturated heterocycles. The van der Waals surface area contributed by atoms with Crippen molar-refractivity contribution in [2.45, 2.75) is 18.6 Å². The number of benzene rings is 1. The second-order valence-electron chi connectivity index (χ2n) is 5.41. The molecule has 0 saturated carbocycles. The fourth-order valence-electron chi connectivity index (χ4n) is 2.34. The van der Waals surface area contributed by atoms with Gasteiger partial charge in [-0.05, 0) is 24.6 Å². The smallest absolute Gasteiger partial charge is 0.320 e. The highest BCUT2D eigenvalue weighted by atomic mass is 16.5. The van der Waals surface area contributed by atoms with E-state index in [1.165, 1.54) is 0 Å². The molecule has 2 atom stereocenters. The van der Waals surface area contributed by atoms with Gasteiger partial charge in [0.15, 0.2) is 0 Å². The third-order valence-corrected chi connectivity index (χ3v) is 3.57. The summed E-state index contributed by atoms with van der Waals surface area (Å²) in [7, 11) is 0. The van der Waals surface area contributed by atoms with Gasteiger partial charge in [0.1, 0.15) is 11.6 Å². The number of carbonyl (C=O) groups is 1. The first-order valence-electron chi connectivity index (χ1n) is 7.74. The molecule has 1 aliphatic rings. The van der Waals surface area contributed by atoms with E-state index in [4.69, 9.17) is 9.47 Å². The highest BCUT2D eigenvalue weighted by Crippen LogP contribution is 2.20. The topological polar surface area (TPSA) is 92.7 Å². The Hall–Kier alpha value is -2.64. The number of aromatic nitrogens is 1. The number of nitrogens with one attached hydrogen (secondary N) is 2. The third kappa shape index (κ3) is 4.43. The highest BCUT2D eigenvalue weighted by Gasteiger charge is 2.25. The van der Waals surface area contributed by atoms with Crippen LogP contribution in [0.15, 0.2) is 48.5 Å². The van der Waals surface area contributed by atoms with E-state index in [0.29, 0.717) is 37.1 Å². The van der Waals surface area contributed by atoms with Gasteiger partial charge in [0.05, 0.1) is 18.8 Å². The Morgan fingerprint density at radius 1 is 1.21 bits per heavy atom. The second-order valence-corrected chi connectivity index (χ2v) is 5.41. The van der Waals surface area contributed by atoms with E-state index in [-0.39, 0.29) is 0 Å². The van der Waals surface area contributed by atoms with Crippen LogP contribution in [0.5, 0.6) is 11.6 Å². The van der Waals surface area contributed by atoms with Crippen LogP contribution >= 0.6 is 0 Å². The van der Waals surface area contributed by atoms with Crippen molar-refractivity contribution in [3.63, 3.8) is 0 Å². The molecular formula is C17H19N3O4. The number of aliphatic hydroxyl groups excluding tert-OH is 1. The zero-order chi connectivity index (χ0) is 16.8. The van der Waals surface area contributed by atoms with Crippen LogP contribution in [0.2, 0.25) is 0 Å². The standard InChI is InChI=1S/C17H19N3O4/c21-14-9-10-23-11-13(14)18-17(22)20-15-7-4-8-16(19-15)24-12-5-2-1-3-6-12/h1-8,13-14,21H,9-11H2,(H2,18,19,20,22)/t13-,14-/m1/s1. The first kappa shape index (κ1) is 16.2. The number of aliphatic hydroxyl groups is 1. The molecule has 2 heterocycles. The van der Waals surface area contributed by atoms with E-state index < -0.39 is 18.2 Å². The normalized spacial score (nSPS) is 20.2. The Labute approximate surface area is 139 Å². The van der Waals surface area contributed by atoms with E-state index in [1.54, 1.807) is 18.2 Å². The van der Waals surface area contributed by atoms with Crippen molar-refractivity contribution in [2.24, 2.45) is 0 Å². The van der Waals surface area contributed by atoms with Gasteiger partial charge in [-0.15, -0.1) is 0 Å². The number of carbonyl (C=O) groups excluding carboxylic acids is 1. The van der Waals surface area contributed by atoms with Gasteiger partial charge in [-0.3, -0.25) is 5.32 Å². The van der Waals surface area contributed by atoms with Crippen LogP contribution in [0.25, 0.3) is 0 Å². The monoisotopic (exact) mass is 329 g/mol. The molecule has 0 radical (unpaired) electrons. The maximum absolute atomic E-state index is 12.0. The van der Waals surface area contributed by atoms with Crippen LogP contribution in [-0.2, 0) is 4.74 Å². The van der Waals surface area contributed by atoms with Gasteiger partial charge in [-0.1, -0.05) is 24.3 Å². The van der Waals surface area contributed by atoms with Crippen LogP contribution < -0.4 is 15.4 Å². The summed E-state index contributed by atoms with van der Waals surface area (Å²) in [5, 5.41) is 15.1. The molecule has 3 rings (SSSR count). The number of ether oxygens (including phenoxy) is 2. The third-order valence-electron chi connectivity index (χ3n) is 3.57. The predicted molar refractivity (Wildman–Crippen MR) is 88.1 cm³/mol. The summed E-state index contributed by atoms with van der Waals surface area (Å²) in [6.45, 7) is 0.792. The predicted octanol–water partition coefficient (Wildman–Crippen LogP) is 2.15. The second kappa shape index (κ2) is 7.76. The van der Waals surface area contributed by atoms with Crippen molar-refractivity contribution in [2.75, 3.05) is 18.5 Å². The number of nitrogens with zero attached hydrogens (tertiary/aromatic N) is 1. The van der Waals surface area contributed by atoms with Crippen molar-refractivity contribution in [3.8, 4) is 11.6 Å². The first-order valence-corrected chi connectivity index (χ1v) is 7.74. The zero-order valence-corrected chi connectivity index (χ0v) is 13.0. The van der Waals surface area contributed by atoms with Crippen molar-refractivity contribution < 1.29 is 19.4 Å². The number of rotatable bonds is 4. The fourth-order valence-corrected chi connectivity index (χ4v) is 2.34. The number of anilines is 1. The minimum atomic E-state index is -0.606. The molecule has 7 heteroatoms. The van der Waals surface area contributed by atoms with E-state index in [0.717, 1.165) is 0 Å². The summed E-state index contributed by atoms with van der Waals surface area (Å²) in [6, 6.07) is 13.5. The molecule has 24 heavy (non-hydrogen) atoms. The lowest BCUT2D eigenvalue weighted by atomic mass is 10.1. The lowest BCUT2D eigenvalue weighted by Gasteiger charge is -2.28. The summed E-state index contributed by atoms with van der Waals surface area (Å²) in [5.41, 5.74) is 0. The molecule has 2 amide bonds. The molecule has 1 aromatic carbocycles. The van der Waals surface area contributed by atoms with Crippen LogP contribution in [0, 0.1) is 0 Å². The Morgan fingerprint density at radius 2 is 2.04 bits per heavy atom. The van der Waals surface area contributed by atoms with Crippen molar-refractivity contribution in [3.05, 3.63) is 48.5 Å². The lowest BCUT2D eigenvalue weighted by Crippen LogP contribution is -2.50. The Balaban J connectivity index is 1.58. The number of hydrogen-bond acceptors (Lipinski definition) is 5. The summed E-state index contributed by atoms with van der Waals surface area (Å²) in [6.07, 6.45) is -0.103. The number of urea groups is 1. The average molecular weight is 329 g/mol. The molecule has 3 N–H and O–H groups in total. The van der Waals surface area contributed by atoms with Crippen LogP contribution in [0.4, 0.5) is 10.6 Å². The van der Waals surface area contributed by atoms with Crippen LogP contribution in [0.1, 0.15) is 6.42 Å². The summed E-state index contributed by atoms with van der Waals surface area (Å²) < 4.78 is 10.9. The van der Waals surface area contributed by atoms with Gasteiger partial charge in [-0.2, -0.15) is 4.98 Å². The highest BCUT2D eigenvalue weighted by molar-refractivity contribution is 5.88. The fraction of sp³-hybridized carbons (Fsp3) is 0.294. The molecule has 0 spiro atoms. The molecule has 0 bridgehead atoms. The summed E-state index contributed by atoms with van der Waals surface area (Å²) in [4.78, 5) is 16.3. The van der Waals surface area contributed by atoms with Crippen LogP contribution in [0.3, 0.4) is 0 Å². The molecular weight excluding hydrogens is 310 g/mol. The molecule has 1 fully saturated rings. The van der Waals surface area contributed by atoms with Gasteiger partial charge in [0.25, 0.3) is 0 Å². The minimum Gasteiger partial charge on any atom is -0.439 e. The molecule has 0 aliphatic carbocycles. The van der Waals surface area contributed by atoms with Gasteiger partial charge in [0.2, 0.25) is 5.88 Å². The minimum absolute atomic E-state index is 0.291. The van der Waals surface area contributed by atoms with E-state index >= 15 is 0 Å². The molecule has 7 nitrogen and oxygen atoms in total. The number of hydrogen-bond donors (Lipinski definition) is 3. The zero-order valence-electron chi connectivity index (χ0n) is 13.0. The number of amides is 2. The first-order chi connectivity index (χ1) is 11.7. The van der Waals surface area contributed by atoms with Gasteiger partial charge >= 0.3 is 6.03 Å². The van der Waals surface area contributed by atoms with Crippen LogP contribution in [-0.4, -0.2) is 41.5 Å². The summed E-state index contributed by atoms with van der Waals surface area (Å²) in [5.74, 6) is 1.39. The van der Waals surface area contributed by atoms with E-state index in [1.807, 2.05) is 30.3 Å². The molecule has 126 valence electrons. The summed E-state index contributed by atoms with van der Waals surface area (Å²) >= 11 is 0. The maximum Gasteiger partial charge on any atom is 0.320 e. The molecule has 1 aromatic heterocycles. The molecule has 0 unspecified atom stereocenters. The molecule has 1 aliphatic heterocycles. The van der Waals surface area contributed by atoms with Gasteiger partial charge in [-0.25, -0.2) is 4.79 Å². The average Bonchev–Trinajstić information content (AvgIpc) is 2.58. The number of para-hydroxylation sites is 1. The lowest BCUT2D eigenvalue weighted by molar-refractivity contribution is -0.0113. The molecule has 2 aromatic rings. The van der Waals surface area contributed by atoms with E-state index in [2.05, 4.69) is 15.6 Å². The largest absolute Gasteiger partial charge is 0.439 e. The SMILES string of the molecule is O=C(Nc1cccc(Oc2ccccc2)n1)N[C@@H]1COCC[C@H]1O. The Morgan fingerprint density at radius 3 is 2.83 bits per heavy atom. The van der Waals surface area contributed by atoms with Crippen molar-refractivity contribution in [1.29, 1.82) is 0 Å². The van der Waals surface area contributed by atoms with Gasteiger partial charge < -0.3 is 19.9 Å².